The molecule has 0 N–H and O–H groups in total. The third kappa shape index (κ3) is 14.5. The molecule has 28 heavy (non-hydrogen) atoms. The van der Waals surface area contributed by atoms with Gasteiger partial charge in [0, 0.05) is 11.8 Å². The third-order valence-corrected chi connectivity index (χ3v) is 5.97. The summed E-state index contributed by atoms with van der Waals surface area (Å²) in [6.07, 6.45) is 21.5. The summed E-state index contributed by atoms with van der Waals surface area (Å²) in [5.74, 6) is -0.191. The molecule has 0 bridgehead atoms. The molecule has 5 heteroatoms. The van der Waals surface area contributed by atoms with Gasteiger partial charge in [-0.2, -0.15) is 0 Å². The van der Waals surface area contributed by atoms with Crippen LogP contribution in [0.5, 0.6) is 0 Å². The van der Waals surface area contributed by atoms with Gasteiger partial charge in [-0.05, 0) is 32.1 Å². The van der Waals surface area contributed by atoms with Gasteiger partial charge in [0.05, 0.1) is 13.2 Å². The highest BCUT2D eigenvalue weighted by Gasteiger charge is 2.32. The van der Waals surface area contributed by atoms with E-state index in [0.29, 0.717) is 19.6 Å². The average molecular weight is 415 g/mol. The highest BCUT2D eigenvalue weighted by molar-refractivity contribution is 7.42. The van der Waals surface area contributed by atoms with E-state index < -0.39 is 8.60 Å². The Balaban J connectivity index is 1.83. The first-order chi connectivity index (χ1) is 13.5. The topological polar surface area (TPSA) is 44.8 Å². The SMILES string of the molecule is CCCCCCCCC=CCCCCCCCC(=O)OP1OCC(C)(C)CO1. The van der Waals surface area contributed by atoms with Crippen LogP contribution >= 0.6 is 8.60 Å². The van der Waals surface area contributed by atoms with Gasteiger partial charge >= 0.3 is 14.6 Å². The Morgan fingerprint density at radius 3 is 1.93 bits per heavy atom. The van der Waals surface area contributed by atoms with Crippen LogP contribution in [0.2, 0.25) is 0 Å². The number of allylic oxidation sites excluding steroid dienone is 2. The summed E-state index contributed by atoms with van der Waals surface area (Å²) in [5.41, 5.74) is 0.00861. The summed E-state index contributed by atoms with van der Waals surface area (Å²) in [4.78, 5) is 11.8. The fraction of sp³-hybridized carbons (Fsp3) is 0.870. The molecule has 4 nitrogen and oxygen atoms in total. The first-order valence-electron chi connectivity index (χ1n) is 11.5. The summed E-state index contributed by atoms with van der Waals surface area (Å²) in [6, 6.07) is 0. The van der Waals surface area contributed by atoms with Crippen LogP contribution in [0, 0.1) is 5.41 Å². The molecule has 1 aliphatic heterocycles. The maximum atomic E-state index is 11.8. The highest BCUT2D eigenvalue weighted by atomic mass is 31.2. The van der Waals surface area contributed by atoms with Gasteiger partial charge in [-0.1, -0.05) is 84.3 Å². The van der Waals surface area contributed by atoms with Gasteiger partial charge in [0.2, 0.25) is 0 Å². The molecule has 0 radical (unpaired) electrons. The lowest BCUT2D eigenvalue weighted by Gasteiger charge is -2.31. The summed E-state index contributed by atoms with van der Waals surface area (Å²) in [6.45, 7) is 7.58. The van der Waals surface area contributed by atoms with E-state index in [9.17, 15) is 4.79 Å². The normalized spacial score (nSPS) is 17.2. The molecule has 164 valence electrons. The van der Waals surface area contributed by atoms with Gasteiger partial charge in [-0.25, -0.2) is 0 Å². The van der Waals surface area contributed by atoms with Crippen LogP contribution in [0.1, 0.15) is 111 Å². The zero-order valence-electron chi connectivity index (χ0n) is 18.5. The van der Waals surface area contributed by atoms with Crippen LogP contribution in [0.4, 0.5) is 0 Å². The van der Waals surface area contributed by atoms with Crippen molar-refractivity contribution < 1.29 is 18.4 Å². The third-order valence-electron chi connectivity index (χ3n) is 4.94. The van der Waals surface area contributed by atoms with Crippen molar-refractivity contribution in [2.45, 2.75) is 111 Å². The molecule has 1 rings (SSSR count). The number of carbonyl (C=O) groups excluding carboxylic acids is 1. The van der Waals surface area contributed by atoms with E-state index >= 15 is 0 Å². The zero-order chi connectivity index (χ0) is 20.5. The first kappa shape index (κ1) is 25.6. The van der Waals surface area contributed by atoms with E-state index in [0.717, 1.165) is 12.8 Å². The van der Waals surface area contributed by atoms with E-state index in [1.165, 1.54) is 70.6 Å². The maximum absolute atomic E-state index is 11.8. The maximum Gasteiger partial charge on any atom is 0.399 e. The van der Waals surface area contributed by atoms with E-state index in [4.69, 9.17) is 13.6 Å². The quantitative estimate of drug-likeness (QED) is 0.146. The second kappa shape index (κ2) is 16.4. The molecule has 0 aromatic rings. The predicted molar refractivity (Wildman–Crippen MR) is 118 cm³/mol. The molecular formula is C23H43O4P. The van der Waals surface area contributed by atoms with Crippen molar-refractivity contribution in [2.75, 3.05) is 13.2 Å². The molecule has 1 fully saturated rings. The number of unbranched alkanes of at least 4 members (excludes halogenated alkanes) is 11. The highest BCUT2D eigenvalue weighted by Crippen LogP contribution is 2.46. The van der Waals surface area contributed by atoms with Gasteiger partial charge in [0.15, 0.2) is 0 Å². The molecule has 1 heterocycles. The van der Waals surface area contributed by atoms with E-state index in [2.05, 4.69) is 32.9 Å². The van der Waals surface area contributed by atoms with Gasteiger partial charge in [-0.15, -0.1) is 0 Å². The average Bonchev–Trinajstić information content (AvgIpc) is 2.66. The molecule has 1 aliphatic rings. The van der Waals surface area contributed by atoms with Crippen molar-refractivity contribution in [2.24, 2.45) is 5.41 Å². The summed E-state index contributed by atoms with van der Waals surface area (Å²) < 4.78 is 16.2. The summed E-state index contributed by atoms with van der Waals surface area (Å²) in [5, 5.41) is 0. The fourth-order valence-electron chi connectivity index (χ4n) is 3.06. The smallest absolute Gasteiger partial charge is 0.394 e. The Morgan fingerprint density at radius 1 is 0.857 bits per heavy atom. The van der Waals surface area contributed by atoms with Crippen LogP contribution in [-0.2, 0) is 18.4 Å². The standard InChI is InChI=1S/C23H43O4P/c1-4-5-6-7-8-9-10-11-12-13-14-15-16-17-18-19-22(24)27-28-25-20-23(2,3)21-26-28/h11-12H,4-10,13-21H2,1-3H3. The zero-order valence-corrected chi connectivity index (χ0v) is 19.4. The van der Waals surface area contributed by atoms with Crippen LogP contribution < -0.4 is 0 Å². The Bertz CT molecular complexity index is 413. The predicted octanol–water partition coefficient (Wildman–Crippen LogP) is 7.87. The largest absolute Gasteiger partial charge is 0.399 e. The number of hydrogen-bond donors (Lipinski definition) is 0. The van der Waals surface area contributed by atoms with Crippen molar-refractivity contribution in [3.05, 3.63) is 12.2 Å². The van der Waals surface area contributed by atoms with E-state index in [1.807, 2.05) is 0 Å². The van der Waals surface area contributed by atoms with Crippen LogP contribution in [-0.4, -0.2) is 19.2 Å². The lowest BCUT2D eigenvalue weighted by molar-refractivity contribution is -0.136. The van der Waals surface area contributed by atoms with Crippen LogP contribution in [0.25, 0.3) is 0 Å². The van der Waals surface area contributed by atoms with Crippen molar-refractivity contribution in [1.29, 1.82) is 0 Å². The van der Waals surface area contributed by atoms with E-state index in [1.54, 1.807) is 0 Å². The van der Waals surface area contributed by atoms with E-state index in [-0.39, 0.29) is 11.4 Å². The first-order valence-corrected chi connectivity index (χ1v) is 12.5. The lowest BCUT2D eigenvalue weighted by Crippen LogP contribution is -2.28. The molecule has 0 atom stereocenters. The lowest BCUT2D eigenvalue weighted by atomic mass is 9.97. The summed E-state index contributed by atoms with van der Waals surface area (Å²) in [7, 11) is -1.47. The molecular weight excluding hydrogens is 371 g/mol. The van der Waals surface area contributed by atoms with Gasteiger partial charge in [0.25, 0.3) is 0 Å². The van der Waals surface area contributed by atoms with Crippen molar-refractivity contribution >= 4 is 14.6 Å². The minimum atomic E-state index is -1.47. The number of hydrogen-bond acceptors (Lipinski definition) is 4. The Morgan fingerprint density at radius 2 is 1.36 bits per heavy atom. The molecule has 0 aromatic carbocycles. The molecule has 0 spiro atoms. The number of carbonyl (C=O) groups is 1. The molecule has 1 saturated heterocycles. The summed E-state index contributed by atoms with van der Waals surface area (Å²) >= 11 is 0. The Labute approximate surface area is 174 Å². The van der Waals surface area contributed by atoms with Crippen molar-refractivity contribution in [1.82, 2.24) is 0 Å². The number of rotatable bonds is 16. The Hall–Kier alpha value is -0.440. The molecule has 0 aromatic heterocycles. The van der Waals surface area contributed by atoms with Gasteiger partial charge in [-0.3, -0.25) is 4.79 Å². The fourth-order valence-corrected chi connectivity index (χ4v) is 4.40. The second-order valence-corrected chi connectivity index (χ2v) is 9.88. The monoisotopic (exact) mass is 414 g/mol. The molecule has 0 amide bonds. The minimum Gasteiger partial charge on any atom is -0.394 e. The van der Waals surface area contributed by atoms with Gasteiger partial charge in [0.1, 0.15) is 0 Å². The van der Waals surface area contributed by atoms with Crippen LogP contribution in [0.15, 0.2) is 12.2 Å². The van der Waals surface area contributed by atoms with Gasteiger partial charge < -0.3 is 13.6 Å². The van der Waals surface area contributed by atoms with Crippen LogP contribution in [0.3, 0.4) is 0 Å². The van der Waals surface area contributed by atoms with Crippen molar-refractivity contribution in [3.8, 4) is 0 Å². The van der Waals surface area contributed by atoms with Crippen molar-refractivity contribution in [3.63, 3.8) is 0 Å². The second-order valence-electron chi connectivity index (χ2n) is 8.73. The molecule has 0 saturated carbocycles. The Kier molecular flexibility index (Phi) is 15.0. The minimum absolute atomic E-state index is 0.00861. The molecule has 0 aliphatic carbocycles. The molecule has 0 unspecified atom stereocenters.